The number of piperidine rings is 1. The zero-order chi connectivity index (χ0) is 28.4. The number of rotatable bonds is 2. The Morgan fingerprint density at radius 1 is 0.854 bits per heavy atom. The van der Waals surface area contributed by atoms with Gasteiger partial charge in [-0.3, -0.25) is 9.59 Å². The Labute approximate surface area is 242 Å². The molecule has 3 aliphatic rings. The standard InChI is InChI=1S/C34H38N2O5/c1-24-32(37)35(2)22-34(15-6-5-9-25-8-3-4-12-29(25)41-24)16-18-36(19-17-34)33(38)28-11-7-10-26(20-28)27-13-14-30-31(21-27)40-23-39-30/h3-4,7-8,10-14,20-21,24H,5-6,9,15-19,22-23H2,1-2H3/t24-/m1/s1. The summed E-state index contributed by atoms with van der Waals surface area (Å²) >= 11 is 0. The number of aryl methyl sites for hydroxylation is 1. The van der Waals surface area contributed by atoms with E-state index in [1.54, 1.807) is 0 Å². The molecular formula is C34H38N2O5. The van der Waals surface area contributed by atoms with Crippen molar-refractivity contribution >= 4 is 11.8 Å². The number of fused-ring (bicyclic) bond motifs is 2. The molecule has 0 saturated carbocycles. The van der Waals surface area contributed by atoms with Crippen LogP contribution in [0.25, 0.3) is 11.1 Å². The Morgan fingerprint density at radius 2 is 1.63 bits per heavy atom. The van der Waals surface area contributed by atoms with E-state index in [2.05, 4.69) is 6.07 Å². The van der Waals surface area contributed by atoms with E-state index in [0.717, 1.165) is 72.5 Å². The molecule has 214 valence electrons. The van der Waals surface area contributed by atoms with Crippen LogP contribution in [0.3, 0.4) is 0 Å². The first-order valence-electron chi connectivity index (χ1n) is 14.7. The number of amides is 2. The average molecular weight is 555 g/mol. The van der Waals surface area contributed by atoms with Gasteiger partial charge in [0.2, 0.25) is 6.79 Å². The molecule has 0 aliphatic carbocycles. The number of likely N-dealkylation sites (N-methyl/N-ethyl adjacent to an activating group) is 1. The monoisotopic (exact) mass is 554 g/mol. The van der Waals surface area contributed by atoms with E-state index in [4.69, 9.17) is 14.2 Å². The van der Waals surface area contributed by atoms with Crippen LogP contribution in [-0.4, -0.2) is 61.2 Å². The molecule has 0 bridgehead atoms. The van der Waals surface area contributed by atoms with Gasteiger partial charge < -0.3 is 24.0 Å². The van der Waals surface area contributed by atoms with Crippen molar-refractivity contribution in [1.82, 2.24) is 9.80 Å². The van der Waals surface area contributed by atoms with E-state index in [1.807, 2.05) is 84.4 Å². The Balaban J connectivity index is 1.14. The van der Waals surface area contributed by atoms with Gasteiger partial charge in [0.05, 0.1) is 0 Å². The maximum Gasteiger partial charge on any atom is 0.263 e. The van der Waals surface area contributed by atoms with Crippen molar-refractivity contribution in [3.05, 3.63) is 77.9 Å². The second kappa shape index (κ2) is 11.5. The maximum absolute atomic E-state index is 13.6. The van der Waals surface area contributed by atoms with E-state index in [-0.39, 0.29) is 24.0 Å². The Hall–Kier alpha value is -4.00. The van der Waals surface area contributed by atoms with Gasteiger partial charge in [0.25, 0.3) is 11.8 Å². The Morgan fingerprint density at radius 3 is 2.49 bits per heavy atom. The number of likely N-dealkylation sites (tertiary alicyclic amines) is 1. The van der Waals surface area contributed by atoms with Gasteiger partial charge in [-0.15, -0.1) is 0 Å². The summed E-state index contributed by atoms with van der Waals surface area (Å²) in [7, 11) is 1.89. The number of carbonyl (C=O) groups excluding carboxylic acids is 2. The summed E-state index contributed by atoms with van der Waals surface area (Å²) in [6.07, 6.45) is 5.35. The van der Waals surface area contributed by atoms with Crippen LogP contribution < -0.4 is 14.2 Å². The first kappa shape index (κ1) is 27.2. The highest BCUT2D eigenvalue weighted by Crippen LogP contribution is 2.39. The van der Waals surface area contributed by atoms with Crippen molar-refractivity contribution in [3.8, 4) is 28.4 Å². The third kappa shape index (κ3) is 5.76. The van der Waals surface area contributed by atoms with Crippen molar-refractivity contribution in [3.63, 3.8) is 0 Å². The minimum Gasteiger partial charge on any atom is -0.481 e. The zero-order valence-corrected chi connectivity index (χ0v) is 23.9. The molecule has 1 fully saturated rings. The highest BCUT2D eigenvalue weighted by Gasteiger charge is 2.38. The topological polar surface area (TPSA) is 68.3 Å². The fourth-order valence-corrected chi connectivity index (χ4v) is 6.53. The molecule has 6 rings (SSSR count). The fourth-order valence-electron chi connectivity index (χ4n) is 6.53. The van der Waals surface area contributed by atoms with Gasteiger partial charge in [-0.05, 0) is 91.5 Å². The number of hydrogen-bond acceptors (Lipinski definition) is 5. The van der Waals surface area contributed by atoms with Gasteiger partial charge in [0.1, 0.15) is 5.75 Å². The summed E-state index contributed by atoms with van der Waals surface area (Å²) in [4.78, 5) is 30.7. The minimum absolute atomic E-state index is 0.00131. The molecule has 1 atom stereocenters. The first-order chi connectivity index (χ1) is 19.9. The van der Waals surface area contributed by atoms with Gasteiger partial charge in [-0.1, -0.05) is 42.8 Å². The van der Waals surface area contributed by atoms with Crippen molar-refractivity contribution in [2.75, 3.05) is 33.5 Å². The Kier molecular flexibility index (Phi) is 7.61. The average Bonchev–Trinajstić information content (AvgIpc) is 3.47. The van der Waals surface area contributed by atoms with Gasteiger partial charge in [-0.25, -0.2) is 0 Å². The molecule has 1 saturated heterocycles. The molecule has 3 heterocycles. The number of ether oxygens (including phenoxy) is 3. The largest absolute Gasteiger partial charge is 0.481 e. The molecule has 0 radical (unpaired) electrons. The second-order valence-corrected chi connectivity index (χ2v) is 11.7. The van der Waals surface area contributed by atoms with Gasteiger partial charge >= 0.3 is 0 Å². The summed E-state index contributed by atoms with van der Waals surface area (Å²) in [6.45, 7) is 4.13. The molecule has 1 spiro atoms. The van der Waals surface area contributed by atoms with Crippen LogP contribution in [0.15, 0.2) is 66.7 Å². The van der Waals surface area contributed by atoms with Crippen LogP contribution in [0.4, 0.5) is 0 Å². The van der Waals surface area contributed by atoms with Crippen molar-refractivity contribution < 1.29 is 23.8 Å². The van der Waals surface area contributed by atoms with E-state index in [9.17, 15) is 9.59 Å². The highest BCUT2D eigenvalue weighted by molar-refractivity contribution is 5.95. The number of benzene rings is 3. The lowest BCUT2D eigenvalue weighted by molar-refractivity contribution is -0.138. The summed E-state index contributed by atoms with van der Waals surface area (Å²) in [6, 6.07) is 21.7. The SMILES string of the molecule is C[C@H]1Oc2ccccc2CCCCC2(CCN(C(=O)c3cccc(-c4ccc5c(c4)OCO5)c3)CC2)CN(C)C1=O. The molecule has 3 aromatic rings. The van der Waals surface area contributed by atoms with E-state index < -0.39 is 6.10 Å². The number of carbonyl (C=O) groups is 2. The molecule has 0 unspecified atom stereocenters. The predicted octanol–water partition coefficient (Wildman–Crippen LogP) is 5.96. The normalized spacial score (nSPS) is 20.5. The summed E-state index contributed by atoms with van der Waals surface area (Å²) in [5.74, 6) is 2.34. The molecule has 41 heavy (non-hydrogen) atoms. The smallest absolute Gasteiger partial charge is 0.263 e. The summed E-state index contributed by atoms with van der Waals surface area (Å²) < 4.78 is 17.1. The molecule has 0 N–H and O–H groups in total. The zero-order valence-electron chi connectivity index (χ0n) is 23.9. The van der Waals surface area contributed by atoms with Crippen LogP contribution in [-0.2, 0) is 11.2 Å². The fraction of sp³-hybridized carbons (Fsp3) is 0.412. The molecule has 3 aromatic carbocycles. The molecule has 0 aromatic heterocycles. The molecule has 2 amide bonds. The summed E-state index contributed by atoms with van der Waals surface area (Å²) in [5, 5.41) is 0. The quantitative estimate of drug-likeness (QED) is 0.391. The maximum atomic E-state index is 13.6. The third-order valence-corrected chi connectivity index (χ3v) is 8.90. The highest BCUT2D eigenvalue weighted by atomic mass is 16.7. The van der Waals surface area contributed by atoms with Crippen LogP contribution in [0, 0.1) is 5.41 Å². The van der Waals surface area contributed by atoms with E-state index >= 15 is 0 Å². The lowest BCUT2D eigenvalue weighted by Gasteiger charge is -2.44. The minimum atomic E-state index is -0.545. The third-order valence-electron chi connectivity index (χ3n) is 8.90. The van der Waals surface area contributed by atoms with E-state index in [0.29, 0.717) is 25.2 Å². The number of nitrogens with zero attached hydrogens (tertiary/aromatic N) is 2. The lowest BCUT2D eigenvalue weighted by atomic mass is 9.73. The molecule has 7 heteroatoms. The number of hydrogen-bond donors (Lipinski definition) is 0. The van der Waals surface area contributed by atoms with Crippen molar-refractivity contribution in [1.29, 1.82) is 0 Å². The first-order valence-corrected chi connectivity index (χ1v) is 14.7. The van der Waals surface area contributed by atoms with Crippen molar-refractivity contribution in [2.45, 2.75) is 51.6 Å². The van der Waals surface area contributed by atoms with Crippen molar-refractivity contribution in [2.24, 2.45) is 5.41 Å². The van der Waals surface area contributed by atoms with Gasteiger partial charge in [0, 0.05) is 32.2 Å². The van der Waals surface area contributed by atoms with Crippen LogP contribution in [0.2, 0.25) is 0 Å². The van der Waals surface area contributed by atoms with Gasteiger partial charge in [-0.2, -0.15) is 0 Å². The number of para-hydroxylation sites is 1. The van der Waals surface area contributed by atoms with Crippen LogP contribution >= 0.6 is 0 Å². The van der Waals surface area contributed by atoms with Gasteiger partial charge in [0.15, 0.2) is 17.6 Å². The molecular weight excluding hydrogens is 516 g/mol. The molecule has 7 nitrogen and oxygen atoms in total. The second-order valence-electron chi connectivity index (χ2n) is 11.7. The Bertz CT molecular complexity index is 1430. The lowest BCUT2D eigenvalue weighted by Crippen LogP contribution is -2.50. The van der Waals surface area contributed by atoms with Crippen LogP contribution in [0.5, 0.6) is 17.2 Å². The summed E-state index contributed by atoms with van der Waals surface area (Å²) in [5.41, 5.74) is 3.80. The predicted molar refractivity (Wildman–Crippen MR) is 157 cm³/mol. The van der Waals surface area contributed by atoms with Crippen LogP contribution in [0.1, 0.15) is 54.9 Å². The molecule has 3 aliphatic heterocycles. The van der Waals surface area contributed by atoms with E-state index in [1.165, 1.54) is 0 Å².